The minimum absolute atomic E-state index is 0.665. The van der Waals surface area contributed by atoms with Crippen LogP contribution in [0.25, 0.3) is 0 Å². The molecule has 1 aromatic heterocycles. The van der Waals surface area contributed by atoms with Gasteiger partial charge in [0.1, 0.15) is 5.01 Å². The zero-order chi connectivity index (χ0) is 13.7. The van der Waals surface area contributed by atoms with Gasteiger partial charge in [-0.05, 0) is 33.1 Å². The summed E-state index contributed by atoms with van der Waals surface area (Å²) in [4.78, 5) is 10.4. The molecule has 0 saturated heterocycles. The Balaban J connectivity index is 1.83. The first-order valence-electron chi connectivity index (χ1n) is 7.14. The van der Waals surface area contributed by atoms with Gasteiger partial charge < -0.3 is 10.6 Å². The van der Waals surface area contributed by atoms with E-state index in [1.807, 2.05) is 0 Å². The van der Waals surface area contributed by atoms with Crippen LogP contribution in [0.3, 0.4) is 0 Å². The molecule has 0 bridgehead atoms. The largest absolute Gasteiger partial charge is 0.357 e. The summed E-state index contributed by atoms with van der Waals surface area (Å²) in [5, 5.41) is 7.78. The molecule has 0 unspecified atom stereocenters. The first-order chi connectivity index (χ1) is 9.19. The predicted octanol–water partition coefficient (Wildman–Crippen LogP) is 2.62. The number of aromatic nitrogens is 1. The van der Waals surface area contributed by atoms with E-state index in [2.05, 4.69) is 41.4 Å². The van der Waals surface area contributed by atoms with Crippen molar-refractivity contribution >= 4 is 17.3 Å². The normalized spacial score (nSPS) is 15.6. The lowest BCUT2D eigenvalue weighted by molar-refractivity contribution is 0.685. The monoisotopic (exact) mass is 280 g/mol. The van der Waals surface area contributed by atoms with E-state index in [0.29, 0.717) is 6.54 Å². The standard InChI is InChI=1S/C14H24N4S/c1-4-15-14(16-8-7-12-5-6-12)17-9-13-18-10(2)11(3)19-13/h12H,4-9H2,1-3H3,(H2,15,16,17). The molecule has 5 heteroatoms. The van der Waals surface area contributed by atoms with Crippen LogP contribution in [0.5, 0.6) is 0 Å². The number of rotatable bonds is 6. The van der Waals surface area contributed by atoms with Gasteiger partial charge in [-0.2, -0.15) is 0 Å². The third-order valence-corrected chi connectivity index (χ3v) is 4.39. The second-order valence-electron chi connectivity index (χ2n) is 5.10. The van der Waals surface area contributed by atoms with Gasteiger partial charge in [0.2, 0.25) is 0 Å². The van der Waals surface area contributed by atoms with Gasteiger partial charge >= 0.3 is 0 Å². The van der Waals surface area contributed by atoms with Gasteiger partial charge in [0.15, 0.2) is 5.96 Å². The summed E-state index contributed by atoms with van der Waals surface area (Å²) in [7, 11) is 0. The van der Waals surface area contributed by atoms with E-state index >= 15 is 0 Å². The average molecular weight is 280 g/mol. The molecule has 0 spiro atoms. The highest BCUT2D eigenvalue weighted by Gasteiger charge is 2.20. The molecule has 1 fully saturated rings. The van der Waals surface area contributed by atoms with Crippen molar-refractivity contribution in [2.45, 2.75) is 46.6 Å². The van der Waals surface area contributed by atoms with Crippen molar-refractivity contribution in [3.63, 3.8) is 0 Å². The van der Waals surface area contributed by atoms with E-state index in [9.17, 15) is 0 Å². The highest BCUT2D eigenvalue weighted by atomic mass is 32.1. The minimum Gasteiger partial charge on any atom is -0.357 e. The van der Waals surface area contributed by atoms with Gasteiger partial charge in [-0.15, -0.1) is 11.3 Å². The first-order valence-corrected chi connectivity index (χ1v) is 7.95. The van der Waals surface area contributed by atoms with Crippen LogP contribution in [0.15, 0.2) is 4.99 Å². The van der Waals surface area contributed by atoms with E-state index in [4.69, 9.17) is 0 Å². The van der Waals surface area contributed by atoms with Crippen molar-refractivity contribution in [3.8, 4) is 0 Å². The number of nitrogens with one attached hydrogen (secondary N) is 2. The lowest BCUT2D eigenvalue weighted by Gasteiger charge is -2.10. The molecule has 1 saturated carbocycles. The number of guanidine groups is 1. The molecule has 1 aromatic rings. The fraction of sp³-hybridized carbons (Fsp3) is 0.714. The number of hydrogen-bond acceptors (Lipinski definition) is 3. The maximum atomic E-state index is 4.60. The van der Waals surface area contributed by atoms with Crippen LogP contribution in [0.4, 0.5) is 0 Å². The second-order valence-corrected chi connectivity index (χ2v) is 6.39. The molecule has 0 atom stereocenters. The highest BCUT2D eigenvalue weighted by Crippen LogP contribution is 2.31. The Labute approximate surface area is 119 Å². The number of aryl methyl sites for hydroxylation is 2. The molecular weight excluding hydrogens is 256 g/mol. The molecule has 1 aliphatic carbocycles. The zero-order valence-corrected chi connectivity index (χ0v) is 12.9. The Hall–Kier alpha value is -1.10. The molecular formula is C14H24N4S. The molecule has 0 amide bonds. The zero-order valence-electron chi connectivity index (χ0n) is 12.1. The first kappa shape index (κ1) is 14.3. The number of nitrogens with zero attached hydrogens (tertiary/aromatic N) is 2. The third-order valence-electron chi connectivity index (χ3n) is 3.33. The van der Waals surface area contributed by atoms with Crippen LogP contribution < -0.4 is 10.6 Å². The SMILES string of the molecule is CCNC(=NCc1nc(C)c(C)s1)NCCC1CC1. The molecule has 19 heavy (non-hydrogen) atoms. The van der Waals surface area contributed by atoms with Crippen LogP contribution in [0.2, 0.25) is 0 Å². The van der Waals surface area contributed by atoms with Crippen LogP contribution in [-0.4, -0.2) is 24.0 Å². The number of hydrogen-bond donors (Lipinski definition) is 2. The van der Waals surface area contributed by atoms with Gasteiger partial charge in [-0.1, -0.05) is 12.8 Å². The molecule has 1 heterocycles. The lowest BCUT2D eigenvalue weighted by atomic mass is 10.3. The van der Waals surface area contributed by atoms with Crippen molar-refractivity contribution in [2.75, 3.05) is 13.1 Å². The van der Waals surface area contributed by atoms with Crippen LogP contribution in [0.1, 0.15) is 41.8 Å². The number of aliphatic imine (C=N–C) groups is 1. The molecule has 106 valence electrons. The Morgan fingerprint density at radius 3 is 2.74 bits per heavy atom. The Kier molecular flexibility index (Phi) is 5.19. The molecule has 4 nitrogen and oxygen atoms in total. The predicted molar refractivity (Wildman–Crippen MR) is 81.7 cm³/mol. The summed E-state index contributed by atoms with van der Waals surface area (Å²) in [6.45, 7) is 8.84. The Morgan fingerprint density at radius 1 is 1.37 bits per heavy atom. The van der Waals surface area contributed by atoms with E-state index in [-0.39, 0.29) is 0 Å². The van der Waals surface area contributed by atoms with Crippen LogP contribution >= 0.6 is 11.3 Å². The fourth-order valence-corrected chi connectivity index (χ4v) is 2.75. The molecule has 0 aliphatic heterocycles. The Morgan fingerprint density at radius 2 is 2.16 bits per heavy atom. The summed E-state index contributed by atoms with van der Waals surface area (Å²) >= 11 is 1.74. The van der Waals surface area contributed by atoms with Gasteiger partial charge in [-0.25, -0.2) is 9.98 Å². The summed E-state index contributed by atoms with van der Waals surface area (Å²) in [6, 6.07) is 0. The van der Waals surface area contributed by atoms with E-state index in [0.717, 1.165) is 35.7 Å². The fourth-order valence-electron chi connectivity index (χ4n) is 1.90. The molecule has 2 N–H and O–H groups in total. The van der Waals surface area contributed by atoms with Crippen LogP contribution in [0, 0.1) is 19.8 Å². The minimum atomic E-state index is 0.665. The van der Waals surface area contributed by atoms with Crippen molar-refractivity contribution in [1.29, 1.82) is 0 Å². The molecule has 0 aromatic carbocycles. The van der Waals surface area contributed by atoms with Gasteiger partial charge in [0.05, 0.1) is 12.2 Å². The van der Waals surface area contributed by atoms with E-state index in [1.54, 1.807) is 11.3 Å². The summed E-state index contributed by atoms with van der Waals surface area (Å²) in [5.74, 6) is 1.87. The maximum Gasteiger partial charge on any atom is 0.191 e. The average Bonchev–Trinajstić information content (AvgIpc) is 3.14. The quantitative estimate of drug-likeness (QED) is 0.622. The highest BCUT2D eigenvalue weighted by molar-refractivity contribution is 7.11. The van der Waals surface area contributed by atoms with Crippen LogP contribution in [-0.2, 0) is 6.54 Å². The van der Waals surface area contributed by atoms with Gasteiger partial charge in [0.25, 0.3) is 0 Å². The smallest absolute Gasteiger partial charge is 0.191 e. The third kappa shape index (κ3) is 4.82. The van der Waals surface area contributed by atoms with Crippen molar-refractivity contribution in [2.24, 2.45) is 10.9 Å². The van der Waals surface area contributed by atoms with Gasteiger partial charge in [0, 0.05) is 18.0 Å². The summed E-state index contributed by atoms with van der Waals surface area (Å²) in [6.07, 6.45) is 4.08. The number of thiazole rings is 1. The topological polar surface area (TPSA) is 49.3 Å². The van der Waals surface area contributed by atoms with Crippen molar-refractivity contribution in [3.05, 3.63) is 15.6 Å². The summed E-state index contributed by atoms with van der Waals surface area (Å²) in [5.41, 5.74) is 1.13. The van der Waals surface area contributed by atoms with E-state index < -0.39 is 0 Å². The molecule has 1 aliphatic rings. The summed E-state index contributed by atoms with van der Waals surface area (Å²) < 4.78 is 0. The second kappa shape index (κ2) is 6.89. The maximum absolute atomic E-state index is 4.60. The van der Waals surface area contributed by atoms with Crippen molar-refractivity contribution in [1.82, 2.24) is 15.6 Å². The Bertz CT molecular complexity index is 415. The lowest BCUT2D eigenvalue weighted by Crippen LogP contribution is -2.37. The molecule has 2 rings (SSSR count). The van der Waals surface area contributed by atoms with Crippen molar-refractivity contribution < 1.29 is 0 Å². The molecule has 0 radical (unpaired) electrons. The van der Waals surface area contributed by atoms with E-state index in [1.165, 1.54) is 24.1 Å². The van der Waals surface area contributed by atoms with Gasteiger partial charge in [-0.3, -0.25) is 0 Å².